The van der Waals surface area contributed by atoms with Crippen LogP contribution in [0.4, 0.5) is 0 Å². The molecule has 1 rings (SSSR count). The molecule has 1 aliphatic rings. The molecule has 0 bridgehead atoms. The summed E-state index contributed by atoms with van der Waals surface area (Å²) in [7, 11) is 1.68. The van der Waals surface area contributed by atoms with Crippen LogP contribution in [0.1, 0.15) is 39.5 Å². The van der Waals surface area contributed by atoms with Crippen LogP contribution in [-0.4, -0.2) is 42.9 Å². The van der Waals surface area contributed by atoms with Crippen molar-refractivity contribution in [3.8, 4) is 0 Å². The number of likely N-dealkylation sites (N-methyl/N-ethyl adjacent to an activating group) is 1. The van der Waals surface area contributed by atoms with E-state index in [4.69, 9.17) is 5.73 Å². The van der Waals surface area contributed by atoms with Gasteiger partial charge in [-0.1, -0.05) is 20.3 Å². The van der Waals surface area contributed by atoms with E-state index in [1.807, 2.05) is 6.92 Å². The highest BCUT2D eigenvalue weighted by Gasteiger charge is 2.34. The number of rotatable bonds is 5. The molecule has 1 saturated carbocycles. The zero-order valence-corrected chi connectivity index (χ0v) is 12.3. The molecule has 19 heavy (non-hydrogen) atoms. The topological polar surface area (TPSA) is 75.4 Å². The summed E-state index contributed by atoms with van der Waals surface area (Å²) >= 11 is 0. The number of hydrogen-bond acceptors (Lipinski definition) is 3. The minimum absolute atomic E-state index is 0.00528. The SMILES string of the molecule is CCCNC(=O)CN(C)C(=O)C1CCCC(C)C1N. The highest BCUT2D eigenvalue weighted by Crippen LogP contribution is 2.28. The van der Waals surface area contributed by atoms with E-state index >= 15 is 0 Å². The Balaban J connectivity index is 2.49. The fourth-order valence-electron chi connectivity index (χ4n) is 2.63. The Morgan fingerprint density at radius 3 is 2.68 bits per heavy atom. The van der Waals surface area contributed by atoms with Crippen molar-refractivity contribution in [3.63, 3.8) is 0 Å². The third kappa shape index (κ3) is 4.49. The van der Waals surface area contributed by atoms with Crippen molar-refractivity contribution in [2.45, 2.75) is 45.6 Å². The molecule has 3 atom stereocenters. The van der Waals surface area contributed by atoms with Crippen molar-refractivity contribution >= 4 is 11.8 Å². The van der Waals surface area contributed by atoms with E-state index in [0.29, 0.717) is 12.5 Å². The van der Waals surface area contributed by atoms with Gasteiger partial charge in [0.15, 0.2) is 0 Å². The maximum absolute atomic E-state index is 12.3. The van der Waals surface area contributed by atoms with Crippen molar-refractivity contribution in [1.29, 1.82) is 0 Å². The van der Waals surface area contributed by atoms with Gasteiger partial charge in [-0.15, -0.1) is 0 Å². The Morgan fingerprint density at radius 1 is 1.37 bits per heavy atom. The standard InChI is InChI=1S/C14H27N3O2/c1-4-8-16-12(18)9-17(3)14(19)11-7-5-6-10(2)13(11)15/h10-11,13H,4-9,15H2,1-3H3,(H,16,18). The molecule has 1 aliphatic carbocycles. The summed E-state index contributed by atoms with van der Waals surface area (Å²) in [6.45, 7) is 4.87. The molecule has 110 valence electrons. The highest BCUT2D eigenvalue weighted by atomic mass is 16.2. The molecular formula is C14H27N3O2. The molecule has 0 aromatic carbocycles. The monoisotopic (exact) mass is 269 g/mol. The lowest BCUT2D eigenvalue weighted by molar-refractivity contribution is -0.139. The summed E-state index contributed by atoms with van der Waals surface area (Å²) in [4.78, 5) is 25.4. The van der Waals surface area contributed by atoms with Crippen LogP contribution in [0.5, 0.6) is 0 Å². The Kier molecular flexibility index (Phi) is 6.28. The van der Waals surface area contributed by atoms with Crippen LogP contribution in [0, 0.1) is 11.8 Å². The van der Waals surface area contributed by atoms with E-state index in [1.165, 1.54) is 4.90 Å². The van der Waals surface area contributed by atoms with Gasteiger partial charge in [0.2, 0.25) is 11.8 Å². The van der Waals surface area contributed by atoms with E-state index in [0.717, 1.165) is 25.7 Å². The van der Waals surface area contributed by atoms with Gasteiger partial charge < -0.3 is 16.0 Å². The Bertz CT molecular complexity index is 320. The molecule has 0 aliphatic heterocycles. The van der Waals surface area contributed by atoms with Crippen molar-refractivity contribution < 1.29 is 9.59 Å². The lowest BCUT2D eigenvalue weighted by Gasteiger charge is -2.35. The molecule has 0 radical (unpaired) electrons. The molecule has 5 heteroatoms. The van der Waals surface area contributed by atoms with E-state index in [1.54, 1.807) is 7.05 Å². The molecule has 0 aromatic heterocycles. The zero-order valence-electron chi connectivity index (χ0n) is 12.3. The summed E-state index contributed by atoms with van der Waals surface area (Å²) in [5.41, 5.74) is 6.12. The Labute approximate surface area is 115 Å². The first kappa shape index (κ1) is 16.0. The van der Waals surface area contributed by atoms with Gasteiger partial charge in [0.25, 0.3) is 0 Å². The molecule has 1 fully saturated rings. The molecule has 2 amide bonds. The quantitative estimate of drug-likeness (QED) is 0.773. The minimum Gasteiger partial charge on any atom is -0.355 e. The van der Waals surface area contributed by atoms with Gasteiger partial charge in [0.1, 0.15) is 0 Å². The van der Waals surface area contributed by atoms with Gasteiger partial charge in [-0.2, -0.15) is 0 Å². The second-order valence-electron chi connectivity index (χ2n) is 5.64. The summed E-state index contributed by atoms with van der Waals surface area (Å²) in [6, 6.07) is -0.0811. The smallest absolute Gasteiger partial charge is 0.239 e. The van der Waals surface area contributed by atoms with Crippen molar-refractivity contribution in [2.75, 3.05) is 20.1 Å². The number of nitrogens with one attached hydrogen (secondary N) is 1. The van der Waals surface area contributed by atoms with Crippen LogP contribution >= 0.6 is 0 Å². The minimum atomic E-state index is -0.132. The van der Waals surface area contributed by atoms with Gasteiger partial charge in [-0.05, 0) is 25.2 Å². The average Bonchev–Trinajstić information content (AvgIpc) is 2.38. The van der Waals surface area contributed by atoms with Crippen LogP contribution in [0.25, 0.3) is 0 Å². The van der Waals surface area contributed by atoms with Gasteiger partial charge in [-0.3, -0.25) is 9.59 Å². The molecule has 3 unspecified atom stereocenters. The van der Waals surface area contributed by atoms with E-state index in [-0.39, 0.29) is 30.3 Å². The van der Waals surface area contributed by atoms with Crippen LogP contribution in [0.3, 0.4) is 0 Å². The number of nitrogens with two attached hydrogens (primary N) is 1. The molecule has 0 aromatic rings. The van der Waals surface area contributed by atoms with Gasteiger partial charge in [0, 0.05) is 19.6 Å². The van der Waals surface area contributed by atoms with Crippen LogP contribution in [0.15, 0.2) is 0 Å². The van der Waals surface area contributed by atoms with E-state index in [2.05, 4.69) is 12.2 Å². The molecule has 0 heterocycles. The number of nitrogens with zero attached hydrogens (tertiary/aromatic N) is 1. The number of carbonyl (C=O) groups excluding carboxylic acids is 2. The molecular weight excluding hydrogens is 242 g/mol. The third-order valence-electron chi connectivity index (χ3n) is 3.94. The van der Waals surface area contributed by atoms with Crippen LogP contribution in [0.2, 0.25) is 0 Å². The Morgan fingerprint density at radius 2 is 2.05 bits per heavy atom. The lowest BCUT2D eigenvalue weighted by Crippen LogP contribution is -2.49. The van der Waals surface area contributed by atoms with Gasteiger partial charge in [0.05, 0.1) is 12.5 Å². The van der Waals surface area contributed by atoms with Crippen molar-refractivity contribution in [1.82, 2.24) is 10.2 Å². The summed E-state index contributed by atoms with van der Waals surface area (Å²) < 4.78 is 0. The molecule has 0 saturated heterocycles. The normalized spacial score (nSPS) is 26.8. The first-order chi connectivity index (χ1) is 8.97. The number of carbonyl (C=O) groups is 2. The highest BCUT2D eigenvalue weighted by molar-refractivity contribution is 5.86. The first-order valence-corrected chi connectivity index (χ1v) is 7.24. The second kappa shape index (κ2) is 7.48. The average molecular weight is 269 g/mol. The largest absolute Gasteiger partial charge is 0.355 e. The zero-order chi connectivity index (χ0) is 14.4. The van der Waals surface area contributed by atoms with Gasteiger partial charge >= 0.3 is 0 Å². The summed E-state index contributed by atoms with van der Waals surface area (Å²) in [5.74, 6) is 0.151. The second-order valence-corrected chi connectivity index (χ2v) is 5.64. The number of hydrogen-bond donors (Lipinski definition) is 2. The van der Waals surface area contributed by atoms with Crippen molar-refractivity contribution in [3.05, 3.63) is 0 Å². The van der Waals surface area contributed by atoms with E-state index < -0.39 is 0 Å². The fraction of sp³-hybridized carbons (Fsp3) is 0.857. The molecule has 3 N–H and O–H groups in total. The third-order valence-corrected chi connectivity index (χ3v) is 3.94. The predicted octanol–water partition coefficient (Wildman–Crippen LogP) is 0.735. The molecule has 5 nitrogen and oxygen atoms in total. The summed E-state index contributed by atoms with van der Waals surface area (Å²) in [6.07, 6.45) is 3.87. The maximum atomic E-state index is 12.3. The van der Waals surface area contributed by atoms with Crippen LogP contribution < -0.4 is 11.1 Å². The first-order valence-electron chi connectivity index (χ1n) is 7.24. The van der Waals surface area contributed by atoms with Crippen molar-refractivity contribution in [2.24, 2.45) is 17.6 Å². The predicted molar refractivity (Wildman–Crippen MR) is 75.4 cm³/mol. The molecule has 0 spiro atoms. The number of amides is 2. The Hall–Kier alpha value is -1.10. The fourth-order valence-corrected chi connectivity index (χ4v) is 2.63. The van der Waals surface area contributed by atoms with Crippen LogP contribution in [-0.2, 0) is 9.59 Å². The summed E-state index contributed by atoms with van der Waals surface area (Å²) in [5, 5.41) is 2.78. The maximum Gasteiger partial charge on any atom is 0.239 e. The lowest BCUT2D eigenvalue weighted by atomic mass is 9.77. The van der Waals surface area contributed by atoms with E-state index in [9.17, 15) is 9.59 Å². The van der Waals surface area contributed by atoms with Gasteiger partial charge in [-0.25, -0.2) is 0 Å².